The summed E-state index contributed by atoms with van der Waals surface area (Å²) in [5.41, 5.74) is 0.473. The van der Waals surface area contributed by atoms with Gasteiger partial charge in [-0.1, -0.05) is 34.1 Å². The third-order valence-corrected chi connectivity index (χ3v) is 2.76. The van der Waals surface area contributed by atoms with Crippen molar-refractivity contribution in [3.8, 4) is 0 Å². The zero-order valence-electron chi connectivity index (χ0n) is 9.77. The second-order valence-corrected chi connectivity index (χ2v) is 5.74. The maximum atomic E-state index is 2.64. The Morgan fingerprint density at radius 3 is 2.54 bits per heavy atom. The van der Waals surface area contributed by atoms with Crippen LogP contribution in [0.1, 0.15) is 47.0 Å². The lowest BCUT2D eigenvalue weighted by atomic mass is 9.96. The maximum absolute atomic E-state index is 2.64. The Balaban J connectivity index is 2.25. The molecular formula is C12H25N. The number of nitrogens with zero attached hydrogens (tertiary/aromatic N) is 1. The Labute approximate surface area is 83.5 Å². The van der Waals surface area contributed by atoms with Crippen molar-refractivity contribution in [3.05, 3.63) is 0 Å². The van der Waals surface area contributed by atoms with Crippen LogP contribution in [0.5, 0.6) is 0 Å². The molecule has 1 heteroatoms. The van der Waals surface area contributed by atoms with Crippen LogP contribution >= 0.6 is 0 Å². The number of rotatable bonds is 3. The smallest absolute Gasteiger partial charge is 0.00302 e. The van der Waals surface area contributed by atoms with Crippen LogP contribution in [0.4, 0.5) is 0 Å². The predicted octanol–water partition coefficient (Wildman–Crippen LogP) is 3.15. The molecule has 0 N–H and O–H groups in total. The second kappa shape index (κ2) is 4.45. The van der Waals surface area contributed by atoms with Crippen LogP contribution in [-0.2, 0) is 0 Å². The number of hydrogen-bond donors (Lipinski definition) is 0. The average Bonchev–Trinajstić information content (AvgIpc) is 2.33. The minimum Gasteiger partial charge on any atom is -0.303 e. The third-order valence-electron chi connectivity index (χ3n) is 2.76. The molecule has 0 aliphatic carbocycles. The quantitative estimate of drug-likeness (QED) is 0.649. The molecule has 0 aromatic rings. The Bertz CT molecular complexity index is 146. The van der Waals surface area contributed by atoms with Crippen molar-refractivity contribution in [3.63, 3.8) is 0 Å². The van der Waals surface area contributed by atoms with Crippen molar-refractivity contribution in [2.75, 3.05) is 19.6 Å². The lowest BCUT2D eigenvalue weighted by molar-refractivity contribution is 0.219. The van der Waals surface area contributed by atoms with Crippen molar-refractivity contribution in [2.24, 2.45) is 11.3 Å². The lowest BCUT2D eigenvalue weighted by Crippen LogP contribution is -2.30. The molecule has 1 fully saturated rings. The normalized spacial score (nSPS) is 25.4. The Hall–Kier alpha value is -0.0400. The molecule has 1 aliphatic rings. The third kappa shape index (κ3) is 4.12. The molecule has 1 heterocycles. The van der Waals surface area contributed by atoms with Crippen molar-refractivity contribution < 1.29 is 0 Å². The van der Waals surface area contributed by atoms with Gasteiger partial charge in [0, 0.05) is 13.1 Å². The maximum Gasteiger partial charge on any atom is 0.00302 e. The van der Waals surface area contributed by atoms with Gasteiger partial charge in [0.15, 0.2) is 0 Å². The van der Waals surface area contributed by atoms with Crippen molar-refractivity contribution in [1.29, 1.82) is 0 Å². The van der Waals surface area contributed by atoms with E-state index in [0.29, 0.717) is 5.41 Å². The molecule has 1 nitrogen and oxygen atoms in total. The molecule has 0 radical (unpaired) electrons. The minimum atomic E-state index is 0.473. The van der Waals surface area contributed by atoms with Crippen LogP contribution in [0, 0.1) is 11.3 Å². The summed E-state index contributed by atoms with van der Waals surface area (Å²) in [5, 5.41) is 0. The first kappa shape index (κ1) is 11.0. The van der Waals surface area contributed by atoms with Gasteiger partial charge in [0.25, 0.3) is 0 Å². The topological polar surface area (TPSA) is 3.24 Å². The molecule has 1 unspecified atom stereocenters. The summed E-state index contributed by atoms with van der Waals surface area (Å²) in [6.45, 7) is 13.3. The van der Waals surface area contributed by atoms with E-state index < -0.39 is 0 Å². The van der Waals surface area contributed by atoms with Gasteiger partial charge in [-0.15, -0.1) is 0 Å². The summed E-state index contributed by atoms with van der Waals surface area (Å²) >= 11 is 0. The molecule has 0 saturated carbocycles. The van der Waals surface area contributed by atoms with E-state index in [1.807, 2.05) is 0 Å². The molecule has 1 atom stereocenters. The van der Waals surface area contributed by atoms with Crippen LogP contribution in [0.3, 0.4) is 0 Å². The standard InChI is InChI=1S/C12H25N/c1-5-6-11-7-8-13(9-11)10-12(2,3)4/h11H,5-10H2,1-4H3. The first-order valence-electron chi connectivity index (χ1n) is 5.73. The minimum absolute atomic E-state index is 0.473. The number of likely N-dealkylation sites (tertiary alicyclic amines) is 1. The largest absolute Gasteiger partial charge is 0.303 e. The van der Waals surface area contributed by atoms with Crippen LogP contribution in [-0.4, -0.2) is 24.5 Å². The molecule has 1 aliphatic heterocycles. The fraction of sp³-hybridized carbons (Fsp3) is 1.00. The van der Waals surface area contributed by atoms with Gasteiger partial charge in [0.05, 0.1) is 0 Å². The highest BCUT2D eigenvalue weighted by atomic mass is 15.1. The molecule has 13 heavy (non-hydrogen) atoms. The van der Waals surface area contributed by atoms with Crippen LogP contribution < -0.4 is 0 Å². The van der Waals surface area contributed by atoms with Gasteiger partial charge in [0.2, 0.25) is 0 Å². The fourth-order valence-electron chi connectivity index (χ4n) is 2.37. The van der Waals surface area contributed by atoms with Gasteiger partial charge in [-0.05, 0) is 30.7 Å². The van der Waals surface area contributed by atoms with E-state index in [2.05, 4.69) is 32.6 Å². The summed E-state index contributed by atoms with van der Waals surface area (Å²) in [5.74, 6) is 0.993. The zero-order chi connectivity index (χ0) is 9.90. The summed E-state index contributed by atoms with van der Waals surface area (Å²) in [4.78, 5) is 2.64. The summed E-state index contributed by atoms with van der Waals surface area (Å²) < 4.78 is 0. The zero-order valence-corrected chi connectivity index (χ0v) is 9.77. The molecule has 1 saturated heterocycles. The molecular weight excluding hydrogens is 158 g/mol. The first-order chi connectivity index (χ1) is 6.01. The van der Waals surface area contributed by atoms with Gasteiger partial charge >= 0.3 is 0 Å². The summed E-state index contributed by atoms with van der Waals surface area (Å²) in [7, 11) is 0. The van der Waals surface area contributed by atoms with E-state index in [9.17, 15) is 0 Å². The summed E-state index contributed by atoms with van der Waals surface area (Å²) in [6.07, 6.45) is 4.22. The van der Waals surface area contributed by atoms with Gasteiger partial charge in [-0.25, -0.2) is 0 Å². The molecule has 0 aromatic heterocycles. The predicted molar refractivity (Wildman–Crippen MR) is 58.9 cm³/mol. The SMILES string of the molecule is CCCC1CCN(CC(C)(C)C)C1. The van der Waals surface area contributed by atoms with Crippen molar-refractivity contribution in [1.82, 2.24) is 4.90 Å². The van der Waals surface area contributed by atoms with Crippen molar-refractivity contribution in [2.45, 2.75) is 47.0 Å². The highest BCUT2D eigenvalue weighted by Crippen LogP contribution is 2.24. The van der Waals surface area contributed by atoms with Gasteiger partial charge in [-0.3, -0.25) is 0 Å². The summed E-state index contributed by atoms with van der Waals surface area (Å²) in [6, 6.07) is 0. The Morgan fingerprint density at radius 1 is 1.31 bits per heavy atom. The van der Waals surface area contributed by atoms with E-state index >= 15 is 0 Å². The lowest BCUT2D eigenvalue weighted by Gasteiger charge is -2.26. The molecule has 0 aromatic carbocycles. The highest BCUT2D eigenvalue weighted by molar-refractivity contribution is 4.78. The molecule has 0 spiro atoms. The number of hydrogen-bond acceptors (Lipinski definition) is 1. The van der Waals surface area contributed by atoms with Gasteiger partial charge in [-0.2, -0.15) is 0 Å². The Morgan fingerprint density at radius 2 is 2.00 bits per heavy atom. The monoisotopic (exact) mass is 183 g/mol. The van der Waals surface area contributed by atoms with Crippen molar-refractivity contribution >= 4 is 0 Å². The molecule has 0 bridgehead atoms. The van der Waals surface area contributed by atoms with E-state index in [1.54, 1.807) is 0 Å². The second-order valence-electron chi connectivity index (χ2n) is 5.74. The van der Waals surface area contributed by atoms with Gasteiger partial charge < -0.3 is 4.90 Å². The fourth-order valence-corrected chi connectivity index (χ4v) is 2.37. The highest BCUT2D eigenvalue weighted by Gasteiger charge is 2.24. The van der Waals surface area contributed by atoms with E-state index in [1.165, 1.54) is 38.9 Å². The molecule has 78 valence electrons. The van der Waals surface area contributed by atoms with Gasteiger partial charge in [0.1, 0.15) is 0 Å². The van der Waals surface area contributed by atoms with Crippen LogP contribution in [0.25, 0.3) is 0 Å². The van der Waals surface area contributed by atoms with Crippen LogP contribution in [0.15, 0.2) is 0 Å². The first-order valence-corrected chi connectivity index (χ1v) is 5.73. The van der Waals surface area contributed by atoms with E-state index in [0.717, 1.165) is 5.92 Å². The van der Waals surface area contributed by atoms with Crippen LogP contribution in [0.2, 0.25) is 0 Å². The van der Waals surface area contributed by atoms with E-state index in [-0.39, 0.29) is 0 Å². The average molecular weight is 183 g/mol. The van der Waals surface area contributed by atoms with E-state index in [4.69, 9.17) is 0 Å². The molecule has 0 amide bonds. The Kier molecular flexibility index (Phi) is 3.78. The molecule has 1 rings (SSSR count).